The summed E-state index contributed by atoms with van der Waals surface area (Å²) in [5.41, 5.74) is 1.82. The Morgan fingerprint density at radius 3 is 1.05 bits per heavy atom. The Kier molecular flexibility index (Phi) is 32.8. The smallest absolute Gasteiger partial charge is 0.355 e. The van der Waals surface area contributed by atoms with Crippen molar-refractivity contribution in [1.29, 1.82) is 0 Å². The van der Waals surface area contributed by atoms with Crippen molar-refractivity contribution in [2.75, 3.05) is 25.7 Å². The monoisotopic (exact) mass is 1620 g/mol. The molecule has 3 aromatic heterocycles. The molecule has 0 aliphatic heterocycles. The van der Waals surface area contributed by atoms with E-state index in [2.05, 4.69) is 118 Å². The Labute approximate surface area is 665 Å². The Morgan fingerprint density at radius 2 is 0.764 bits per heavy atom. The highest BCUT2D eigenvalue weighted by atomic mass is 35.7. The number of rotatable bonds is 25. The van der Waals surface area contributed by atoms with E-state index in [0.29, 0.717) is 27.3 Å². The van der Waals surface area contributed by atoms with Crippen LogP contribution in [0, 0.1) is 5.92 Å². The molecule has 3 heterocycles. The summed E-state index contributed by atoms with van der Waals surface area (Å²) >= 11 is 0. The molecule has 0 radical (unpaired) electrons. The first-order valence-electron chi connectivity index (χ1n) is 35.4. The summed E-state index contributed by atoms with van der Waals surface area (Å²) in [6.07, 6.45) is 11.1. The van der Waals surface area contributed by atoms with Crippen LogP contribution in [0.3, 0.4) is 0 Å². The molecule has 0 aliphatic rings. The molecule has 592 valence electrons. The topological polar surface area (TPSA) is 199 Å². The predicted molar refractivity (Wildman–Crippen MR) is 470 cm³/mol. The van der Waals surface area contributed by atoms with Crippen LogP contribution >= 0.6 is 10.7 Å². The van der Waals surface area contributed by atoms with Gasteiger partial charge in [-0.2, -0.15) is 0 Å². The fraction of sp³-hybridized carbons (Fsp3) is 0.322. The summed E-state index contributed by atoms with van der Waals surface area (Å²) in [6, 6.07) is 59.8. The molecule has 110 heavy (non-hydrogen) atoms. The second kappa shape index (κ2) is 38.5. The van der Waals surface area contributed by atoms with Gasteiger partial charge < -0.3 is 27.9 Å². The van der Waals surface area contributed by atoms with Crippen molar-refractivity contribution < 1.29 is 45.4 Å². The number of carbonyl (C=O) groups excluding carboxylic acids is 3. The molecule has 2 unspecified atom stereocenters. The van der Waals surface area contributed by atoms with Gasteiger partial charge in [-0.1, -0.05) is 335 Å². The van der Waals surface area contributed by atoms with Crippen LogP contribution in [0.25, 0.3) is 18.2 Å². The van der Waals surface area contributed by atoms with Crippen LogP contribution in [0.1, 0.15) is 160 Å². The number of methoxy groups -OCH3 is 1. The van der Waals surface area contributed by atoms with Gasteiger partial charge in [-0.05, 0) is 55.6 Å². The maximum absolute atomic E-state index is 15.7. The minimum Gasteiger partial charge on any atom is -0.464 e. The van der Waals surface area contributed by atoms with E-state index in [4.69, 9.17) is 32.9 Å². The number of aryl methyl sites for hydroxylation is 3. The molecule has 0 fully saturated rings. The second-order valence-electron chi connectivity index (χ2n) is 29.5. The highest BCUT2D eigenvalue weighted by Gasteiger charge is 2.54. The summed E-state index contributed by atoms with van der Waals surface area (Å²) in [5.74, 6) is -1.53. The number of esters is 3. The van der Waals surface area contributed by atoms with Gasteiger partial charge in [0, 0.05) is 73.1 Å². The average molecular weight is 1620 g/mol. The minimum atomic E-state index is -3.83. The van der Waals surface area contributed by atoms with E-state index in [9.17, 15) is 27.0 Å². The Morgan fingerprint density at radius 1 is 0.473 bits per heavy atom. The van der Waals surface area contributed by atoms with Gasteiger partial charge in [-0.15, -0.1) is 6.58 Å². The van der Waals surface area contributed by atoms with E-state index in [1.807, 2.05) is 172 Å². The van der Waals surface area contributed by atoms with Gasteiger partial charge in [0.15, 0.2) is 18.8 Å². The third kappa shape index (κ3) is 19.2. The van der Waals surface area contributed by atoms with Gasteiger partial charge in [0.05, 0.1) is 40.4 Å². The van der Waals surface area contributed by atoms with Crippen LogP contribution in [0.2, 0.25) is 15.1 Å². The number of nitrogens with zero attached hydrogens (tertiary/aromatic N) is 5. The van der Waals surface area contributed by atoms with Crippen molar-refractivity contribution in [1.82, 2.24) is 18.4 Å². The molecule has 3 atom stereocenters. The van der Waals surface area contributed by atoms with Gasteiger partial charge in [-0.25, -0.2) is 44.0 Å². The van der Waals surface area contributed by atoms with E-state index in [1.165, 1.54) is 30.0 Å². The van der Waals surface area contributed by atoms with E-state index < -0.39 is 71.1 Å². The van der Waals surface area contributed by atoms with Crippen LogP contribution in [-0.2, 0) is 64.0 Å². The van der Waals surface area contributed by atoms with E-state index in [0.717, 1.165) is 31.1 Å². The average Bonchev–Trinajstić information content (AvgIpc) is 1.16. The molecule has 0 saturated carbocycles. The van der Waals surface area contributed by atoms with Crippen molar-refractivity contribution in [2.24, 2.45) is 35.1 Å². The van der Waals surface area contributed by atoms with Crippen molar-refractivity contribution in [3.63, 3.8) is 0 Å². The van der Waals surface area contributed by atoms with E-state index in [1.54, 1.807) is 68.7 Å². The largest absolute Gasteiger partial charge is 0.464 e. The van der Waals surface area contributed by atoms with Gasteiger partial charge in [-0.3, -0.25) is 0 Å². The number of sulfone groups is 1. The summed E-state index contributed by atoms with van der Waals surface area (Å²) in [6.45, 7) is 42.8. The van der Waals surface area contributed by atoms with Crippen molar-refractivity contribution >= 4 is 131 Å². The standard InChI is InChI=1S/C32H43N3O3SSi.C27H33NO4SSi.C25H29ClN2O3SSi.3CH4/c1-10-27-29(23-35(9)30(27)31(36)38-12-3)39(37,33-28(11-2)24(4)5)34-40(32(6,7)8,25-19-15-13-16-20-25)26-21-17-14-18-22-26;1-7-23-24(19-28(6)25(23)26(29)32-8-2)33(30,31)20-34(27(3,4)5,21-15-11-9-12-16-21)22-17-13-10-14-18-22;1-7-21-22(18-28(5)23(21)24(29)31-6)32(26,30)27-33(25(2,3)4,19-14-10-8-11-15-19)20-16-12-9-13-17-20;;;/h10-11,13-24,28H,1-2,12H2,3-9H3,(H,33,34,37);7,9-19H,1,8,20H2,2-6H3;7-18H,1H2,2-6H3;3*1H4/t28-,39?;;;;;/m0...../s1. The first-order chi connectivity index (χ1) is 50.3. The molecular formula is C87H117ClN6O10S3Si3. The third-order valence-corrected chi connectivity index (χ3v) is 45.5. The first kappa shape index (κ1) is 93.7. The minimum absolute atomic E-state index is 0. The Hall–Kier alpha value is -8.72. The lowest BCUT2D eigenvalue weighted by molar-refractivity contribution is 0.0505. The molecule has 16 nitrogen and oxygen atoms in total. The number of hydrogen-bond donors (Lipinski definition) is 1. The highest BCUT2D eigenvalue weighted by Crippen LogP contribution is 2.43. The lowest BCUT2D eigenvalue weighted by Crippen LogP contribution is -2.68. The molecular weight excluding hydrogens is 1500 g/mol. The molecule has 1 N–H and O–H groups in total. The number of carbonyl (C=O) groups is 3. The number of nitrogens with one attached hydrogen (secondary N) is 1. The normalized spacial score (nSPS) is 13.2. The van der Waals surface area contributed by atoms with Crippen molar-refractivity contribution in [3.8, 4) is 0 Å². The lowest BCUT2D eigenvalue weighted by atomic mass is 10.1. The molecule has 0 aliphatic carbocycles. The molecule has 0 amide bonds. The fourth-order valence-corrected chi connectivity index (χ4v) is 42.8. The molecule has 9 rings (SSSR count). The van der Waals surface area contributed by atoms with Gasteiger partial charge in [0.1, 0.15) is 35.1 Å². The summed E-state index contributed by atoms with van der Waals surface area (Å²) < 4.78 is 92.6. The zero-order valence-corrected chi connectivity index (χ0v) is 71.1. The predicted octanol–water partition coefficient (Wildman–Crippen LogP) is 17.1. The number of hydrogen-bond acceptors (Lipinski definition) is 12. The number of benzene rings is 6. The van der Waals surface area contributed by atoms with Gasteiger partial charge in [0.2, 0.25) is 0 Å². The molecule has 0 bridgehead atoms. The molecule has 0 spiro atoms. The Bertz CT molecular complexity index is 4910. The van der Waals surface area contributed by atoms with Crippen LogP contribution in [0.15, 0.2) is 256 Å². The maximum Gasteiger partial charge on any atom is 0.355 e. The van der Waals surface area contributed by atoms with Gasteiger partial charge in [0.25, 0.3) is 16.5 Å². The van der Waals surface area contributed by atoms with E-state index >= 15 is 4.21 Å². The Balaban J connectivity index is 0.000000345. The number of ether oxygens (including phenoxy) is 3. The molecule has 6 aromatic carbocycles. The molecule has 23 heteroatoms. The maximum atomic E-state index is 15.7. The molecule has 0 saturated heterocycles. The van der Waals surface area contributed by atoms with Gasteiger partial charge >= 0.3 is 17.9 Å². The van der Waals surface area contributed by atoms with Crippen LogP contribution in [-0.4, -0.2) is 105 Å². The lowest BCUT2D eigenvalue weighted by Gasteiger charge is -2.43. The quantitative estimate of drug-likeness (QED) is 0.0189. The summed E-state index contributed by atoms with van der Waals surface area (Å²) in [4.78, 5) is 38.8. The highest BCUT2D eigenvalue weighted by molar-refractivity contribution is 8.16. The third-order valence-electron chi connectivity index (χ3n) is 19.3. The SMILES string of the molecule is C.C.C.C=Cc1c(S(=O)(=N[Si](c2ccccc2)(c2ccccc2)C(C)(C)C)N[C@@H](C=C)C(C)C)cn(C)c1C(=O)OCC.C=Cc1c(S(=O)(=O)C[Si](c2ccccc2)(c2ccccc2)C(C)(C)C)cn(C)c1C(=O)OCC.C=Cc1c(S(=O)(Cl)=N[Si](c2ccccc2)(c2ccccc2)C(C)(C)C)cn(C)c1C(=O)OC. The second-order valence-corrected chi connectivity index (χ2v) is 50.7. The van der Waals surface area contributed by atoms with Crippen molar-refractivity contribution in [2.45, 2.75) is 148 Å². The first-order valence-corrected chi connectivity index (χ1v) is 47.1. The van der Waals surface area contributed by atoms with E-state index in [-0.39, 0.29) is 89.1 Å². The summed E-state index contributed by atoms with van der Waals surface area (Å²) in [7, 11) is -6.63. The van der Waals surface area contributed by atoms with Crippen molar-refractivity contribution in [3.05, 3.63) is 267 Å². The number of aromatic nitrogens is 3. The zero-order chi connectivity index (χ0) is 79.3. The van der Waals surface area contributed by atoms with Crippen LogP contribution < -0.4 is 35.8 Å². The fourth-order valence-electron chi connectivity index (χ4n) is 14.1. The zero-order valence-electron chi connectivity index (χ0n) is 64.9. The number of halogens is 1. The van der Waals surface area contributed by atoms with Crippen LogP contribution in [0.4, 0.5) is 0 Å². The van der Waals surface area contributed by atoms with Crippen LogP contribution in [0.5, 0.6) is 0 Å². The summed E-state index contributed by atoms with van der Waals surface area (Å²) in [5, 5.41) is 5.09. The molecule has 9 aromatic rings.